The number of hydrogen-bond donors (Lipinski definition) is 0. The van der Waals surface area contributed by atoms with Gasteiger partial charge in [-0.1, -0.05) is 6.07 Å². The van der Waals surface area contributed by atoms with Gasteiger partial charge in [0.2, 0.25) is 10.0 Å². The van der Waals surface area contributed by atoms with Crippen molar-refractivity contribution in [3.05, 3.63) is 51.2 Å². The SMILES string of the molecule is COC(=O)c1sccc1S(=O)(=O)N1CCC2(CCN(C(=O)c3c(F)ccc(C)c3F)CC2)C1. The molecule has 33 heavy (non-hydrogen) atoms. The van der Waals surface area contributed by atoms with Crippen molar-refractivity contribution in [1.29, 1.82) is 0 Å². The molecule has 0 radical (unpaired) electrons. The topological polar surface area (TPSA) is 84.0 Å². The number of aryl methyl sites for hydroxylation is 1. The number of ether oxygens (including phenoxy) is 1. The number of esters is 1. The van der Waals surface area contributed by atoms with Gasteiger partial charge in [-0.3, -0.25) is 4.79 Å². The molecular formula is C22H24F2N2O5S2. The largest absolute Gasteiger partial charge is 0.465 e. The van der Waals surface area contributed by atoms with Crippen molar-refractivity contribution in [1.82, 2.24) is 9.21 Å². The predicted molar refractivity (Wildman–Crippen MR) is 118 cm³/mol. The highest BCUT2D eigenvalue weighted by molar-refractivity contribution is 7.89. The zero-order chi connectivity index (χ0) is 24.0. The van der Waals surface area contributed by atoms with Crippen LogP contribution in [0.4, 0.5) is 8.78 Å². The Labute approximate surface area is 195 Å². The summed E-state index contributed by atoms with van der Waals surface area (Å²) in [5.74, 6) is -3.12. The number of carbonyl (C=O) groups is 2. The maximum atomic E-state index is 14.4. The van der Waals surface area contributed by atoms with Crippen molar-refractivity contribution in [2.24, 2.45) is 5.41 Å². The summed E-state index contributed by atoms with van der Waals surface area (Å²) in [6.45, 7) is 2.61. The van der Waals surface area contributed by atoms with Gasteiger partial charge in [-0.15, -0.1) is 11.3 Å². The van der Waals surface area contributed by atoms with E-state index in [-0.39, 0.29) is 40.4 Å². The number of piperidine rings is 1. The lowest BCUT2D eigenvalue weighted by Gasteiger charge is -2.39. The first-order chi connectivity index (χ1) is 15.6. The third-order valence-corrected chi connectivity index (χ3v) is 9.54. The number of amides is 1. The number of carbonyl (C=O) groups excluding carboxylic acids is 2. The smallest absolute Gasteiger partial charge is 0.349 e. The van der Waals surface area contributed by atoms with E-state index in [2.05, 4.69) is 0 Å². The minimum atomic E-state index is -3.88. The highest BCUT2D eigenvalue weighted by Gasteiger charge is 2.46. The maximum absolute atomic E-state index is 14.4. The van der Waals surface area contributed by atoms with Crippen LogP contribution in [0.15, 0.2) is 28.5 Å². The Morgan fingerprint density at radius 2 is 1.76 bits per heavy atom. The summed E-state index contributed by atoms with van der Waals surface area (Å²) < 4.78 is 61.0. The quantitative estimate of drug-likeness (QED) is 0.603. The van der Waals surface area contributed by atoms with Gasteiger partial charge in [-0.2, -0.15) is 4.31 Å². The zero-order valence-electron chi connectivity index (χ0n) is 18.3. The molecule has 1 amide bonds. The van der Waals surface area contributed by atoms with E-state index < -0.39 is 39.1 Å². The van der Waals surface area contributed by atoms with Crippen molar-refractivity contribution in [2.45, 2.75) is 31.1 Å². The van der Waals surface area contributed by atoms with E-state index in [1.807, 2.05) is 0 Å². The Bertz CT molecular complexity index is 1200. The van der Waals surface area contributed by atoms with Crippen LogP contribution in [0.2, 0.25) is 0 Å². The number of likely N-dealkylation sites (tertiary alicyclic amines) is 1. The van der Waals surface area contributed by atoms with Crippen LogP contribution in [-0.4, -0.2) is 62.8 Å². The Balaban J connectivity index is 1.47. The zero-order valence-corrected chi connectivity index (χ0v) is 19.9. The molecule has 0 N–H and O–H groups in total. The lowest BCUT2D eigenvalue weighted by molar-refractivity contribution is 0.0587. The van der Waals surface area contributed by atoms with Crippen molar-refractivity contribution in [2.75, 3.05) is 33.3 Å². The molecule has 0 bridgehead atoms. The molecular weight excluding hydrogens is 474 g/mol. The molecule has 0 unspecified atom stereocenters. The van der Waals surface area contributed by atoms with Crippen LogP contribution in [0.1, 0.15) is 44.9 Å². The van der Waals surface area contributed by atoms with Crippen molar-refractivity contribution in [3.8, 4) is 0 Å². The summed E-state index contributed by atoms with van der Waals surface area (Å²) in [6, 6.07) is 3.78. The van der Waals surface area contributed by atoms with Crippen molar-refractivity contribution in [3.63, 3.8) is 0 Å². The fourth-order valence-corrected chi connectivity index (χ4v) is 7.45. The maximum Gasteiger partial charge on any atom is 0.349 e. The van der Waals surface area contributed by atoms with Gasteiger partial charge >= 0.3 is 5.97 Å². The van der Waals surface area contributed by atoms with Gasteiger partial charge in [0.1, 0.15) is 27.0 Å². The van der Waals surface area contributed by atoms with E-state index in [1.54, 1.807) is 5.38 Å². The van der Waals surface area contributed by atoms with E-state index in [4.69, 9.17) is 4.74 Å². The number of halogens is 2. The van der Waals surface area contributed by atoms with Crippen LogP contribution in [0.3, 0.4) is 0 Å². The summed E-state index contributed by atoms with van der Waals surface area (Å²) in [4.78, 5) is 26.2. The van der Waals surface area contributed by atoms with Crippen LogP contribution < -0.4 is 0 Å². The molecule has 1 aromatic heterocycles. The standard InChI is InChI=1S/C22H24F2N2O5S2/c1-14-3-4-15(23)17(18(14)24)20(27)25-9-6-22(7-10-25)8-11-26(13-22)33(29,30)16-5-12-32-19(16)21(28)31-2/h3-5,12H,6-11,13H2,1-2H3. The number of benzene rings is 1. The van der Waals surface area contributed by atoms with Gasteiger partial charge < -0.3 is 9.64 Å². The highest BCUT2D eigenvalue weighted by Crippen LogP contribution is 2.43. The first kappa shape index (κ1) is 23.8. The second-order valence-corrected chi connectivity index (χ2v) is 11.4. The highest BCUT2D eigenvalue weighted by atomic mass is 32.2. The Morgan fingerprint density at radius 3 is 2.42 bits per heavy atom. The molecule has 2 aliphatic heterocycles. The van der Waals surface area contributed by atoms with E-state index in [1.165, 1.54) is 35.4 Å². The van der Waals surface area contributed by atoms with Crippen LogP contribution in [0.5, 0.6) is 0 Å². The van der Waals surface area contributed by atoms with Gasteiger partial charge in [0.15, 0.2) is 0 Å². The van der Waals surface area contributed by atoms with Crippen molar-refractivity contribution >= 4 is 33.2 Å². The fourth-order valence-electron chi connectivity index (χ4n) is 4.58. The normalized spacial score (nSPS) is 18.6. The third kappa shape index (κ3) is 4.17. The number of hydrogen-bond acceptors (Lipinski definition) is 6. The molecule has 2 fully saturated rings. The summed E-state index contributed by atoms with van der Waals surface area (Å²) in [5.41, 5.74) is -0.673. The first-order valence-corrected chi connectivity index (χ1v) is 12.8. The van der Waals surface area contributed by atoms with E-state index in [0.717, 1.165) is 17.4 Å². The van der Waals surface area contributed by atoms with Crippen LogP contribution in [-0.2, 0) is 14.8 Å². The fraction of sp³-hybridized carbons (Fsp3) is 0.455. The number of sulfonamides is 1. The van der Waals surface area contributed by atoms with Gasteiger partial charge in [0, 0.05) is 26.2 Å². The number of methoxy groups -OCH3 is 1. The number of thiophene rings is 1. The summed E-state index contributed by atoms with van der Waals surface area (Å²) in [5, 5.41) is 1.54. The van der Waals surface area contributed by atoms with E-state index in [0.29, 0.717) is 25.8 Å². The molecule has 2 aromatic rings. The average molecular weight is 499 g/mol. The minimum Gasteiger partial charge on any atom is -0.465 e. The molecule has 3 heterocycles. The molecule has 4 rings (SSSR count). The summed E-state index contributed by atoms with van der Waals surface area (Å²) >= 11 is 1.01. The second kappa shape index (κ2) is 8.77. The lowest BCUT2D eigenvalue weighted by atomic mass is 9.77. The molecule has 2 aliphatic rings. The van der Waals surface area contributed by atoms with E-state index >= 15 is 0 Å². The molecule has 0 aliphatic carbocycles. The summed E-state index contributed by atoms with van der Waals surface area (Å²) in [7, 11) is -2.68. The van der Waals surface area contributed by atoms with Crippen molar-refractivity contribution < 1.29 is 31.5 Å². The molecule has 1 aromatic carbocycles. The van der Waals surface area contributed by atoms with Gasteiger partial charge in [0.05, 0.1) is 7.11 Å². The van der Waals surface area contributed by atoms with Crippen LogP contribution >= 0.6 is 11.3 Å². The summed E-state index contributed by atoms with van der Waals surface area (Å²) in [6.07, 6.45) is 1.65. The Morgan fingerprint density at radius 1 is 1.09 bits per heavy atom. The average Bonchev–Trinajstić information content (AvgIpc) is 3.45. The third-order valence-electron chi connectivity index (χ3n) is 6.63. The molecule has 2 saturated heterocycles. The number of rotatable bonds is 4. The molecule has 1 spiro atoms. The first-order valence-electron chi connectivity index (χ1n) is 10.5. The second-order valence-electron chi connectivity index (χ2n) is 8.54. The monoisotopic (exact) mass is 498 g/mol. The molecule has 0 atom stereocenters. The molecule has 7 nitrogen and oxygen atoms in total. The minimum absolute atomic E-state index is 0.0427. The van der Waals surface area contributed by atoms with Gasteiger partial charge in [-0.05, 0) is 54.7 Å². The van der Waals surface area contributed by atoms with E-state index in [9.17, 15) is 26.8 Å². The Kier molecular flexibility index (Phi) is 6.32. The number of nitrogens with zero attached hydrogens (tertiary/aromatic N) is 2. The predicted octanol–water partition coefficient (Wildman–Crippen LogP) is 3.44. The molecule has 178 valence electrons. The lowest BCUT2D eigenvalue weighted by Crippen LogP contribution is -2.45. The molecule has 11 heteroatoms. The van der Waals surface area contributed by atoms with Crippen LogP contribution in [0.25, 0.3) is 0 Å². The Hall–Kier alpha value is -2.37. The van der Waals surface area contributed by atoms with Crippen LogP contribution in [0, 0.1) is 24.0 Å². The van der Waals surface area contributed by atoms with Gasteiger partial charge in [0.25, 0.3) is 5.91 Å². The van der Waals surface area contributed by atoms with Gasteiger partial charge in [-0.25, -0.2) is 22.0 Å². The molecule has 0 saturated carbocycles.